The van der Waals surface area contributed by atoms with E-state index in [-0.39, 0.29) is 23.6 Å². The zero-order valence-electron chi connectivity index (χ0n) is 17.8. The van der Waals surface area contributed by atoms with E-state index in [0.717, 1.165) is 22.1 Å². The Morgan fingerprint density at radius 2 is 1.67 bits per heavy atom. The van der Waals surface area contributed by atoms with E-state index in [1.807, 2.05) is 66.7 Å². The molecule has 0 spiro atoms. The number of rotatable bonds is 3. The third-order valence-corrected chi connectivity index (χ3v) is 6.57. The second kappa shape index (κ2) is 8.67. The third-order valence-electron chi connectivity index (χ3n) is 6.08. The van der Waals surface area contributed by atoms with Crippen molar-refractivity contribution in [3.05, 3.63) is 104 Å². The molecule has 5 rings (SSSR count). The number of halogens is 2. The highest BCUT2D eigenvalue weighted by Crippen LogP contribution is 2.41. The smallest absolute Gasteiger partial charge is 0.253 e. The minimum Gasteiger partial charge on any atom is -0.322 e. The summed E-state index contributed by atoms with van der Waals surface area (Å²) in [5, 5.41) is 3.67. The minimum absolute atomic E-state index is 0.126. The Bertz CT molecular complexity index is 1400. The lowest BCUT2D eigenvalue weighted by atomic mass is 9.90. The van der Waals surface area contributed by atoms with Crippen molar-refractivity contribution in [1.29, 1.82) is 0 Å². The standard InChI is InChI=1S/C26H21Cl2N3O2/c1-15(32)31-23(16-7-9-18(27)10-8-16)14-22(30-31)25-24(17-5-3-2-4-6-17)20-13-19(28)11-12-21(20)29-26(25)33/h2-13,22-23,30H,14H2,1H3,(H,29,33). The lowest BCUT2D eigenvalue weighted by Gasteiger charge is -2.23. The highest BCUT2D eigenvalue weighted by Gasteiger charge is 2.38. The maximum absolute atomic E-state index is 13.4. The van der Waals surface area contributed by atoms with Crippen LogP contribution in [0.1, 0.15) is 36.6 Å². The Labute approximate surface area is 200 Å². The van der Waals surface area contributed by atoms with Crippen molar-refractivity contribution in [2.24, 2.45) is 0 Å². The van der Waals surface area contributed by atoms with Crippen molar-refractivity contribution in [3.8, 4) is 11.1 Å². The minimum atomic E-state index is -0.378. The Morgan fingerprint density at radius 3 is 2.36 bits per heavy atom. The number of hydrogen-bond acceptors (Lipinski definition) is 3. The van der Waals surface area contributed by atoms with Gasteiger partial charge in [-0.2, -0.15) is 0 Å². The summed E-state index contributed by atoms with van der Waals surface area (Å²) in [5.41, 5.74) is 7.08. The molecule has 4 aromatic rings. The number of aromatic nitrogens is 1. The molecule has 1 aliphatic rings. The number of fused-ring (bicyclic) bond motifs is 1. The molecule has 7 heteroatoms. The van der Waals surface area contributed by atoms with Gasteiger partial charge in [0.15, 0.2) is 0 Å². The van der Waals surface area contributed by atoms with E-state index in [9.17, 15) is 9.59 Å². The summed E-state index contributed by atoms with van der Waals surface area (Å²) < 4.78 is 0. The molecule has 2 atom stereocenters. The molecule has 0 aliphatic carbocycles. The first-order valence-electron chi connectivity index (χ1n) is 10.6. The molecular formula is C26H21Cl2N3O2. The number of hydrazine groups is 1. The molecule has 5 nitrogen and oxygen atoms in total. The Kier molecular flexibility index (Phi) is 5.71. The third kappa shape index (κ3) is 4.04. The van der Waals surface area contributed by atoms with E-state index in [1.54, 1.807) is 11.1 Å². The average molecular weight is 478 g/mol. The van der Waals surface area contributed by atoms with Gasteiger partial charge in [-0.25, -0.2) is 5.43 Å². The van der Waals surface area contributed by atoms with Gasteiger partial charge in [0.25, 0.3) is 5.56 Å². The molecular weight excluding hydrogens is 457 g/mol. The van der Waals surface area contributed by atoms with Crippen molar-refractivity contribution < 1.29 is 4.79 Å². The summed E-state index contributed by atoms with van der Waals surface area (Å²) in [4.78, 5) is 28.9. The van der Waals surface area contributed by atoms with Crippen LogP contribution >= 0.6 is 23.2 Å². The zero-order valence-corrected chi connectivity index (χ0v) is 19.3. The number of nitrogens with zero attached hydrogens (tertiary/aromatic N) is 1. The summed E-state index contributed by atoms with van der Waals surface area (Å²) in [6.45, 7) is 1.51. The van der Waals surface area contributed by atoms with Crippen LogP contribution in [0.2, 0.25) is 10.0 Å². The highest BCUT2D eigenvalue weighted by atomic mass is 35.5. The number of carbonyl (C=O) groups is 1. The maximum atomic E-state index is 13.4. The van der Waals surface area contributed by atoms with Crippen LogP contribution in [0, 0.1) is 0 Å². The fraction of sp³-hybridized carbons (Fsp3) is 0.154. The SMILES string of the molecule is CC(=O)N1NC(c2c(-c3ccccc3)c3cc(Cl)ccc3[nH]c2=O)CC1c1ccc(Cl)cc1. The summed E-state index contributed by atoms with van der Waals surface area (Å²) in [7, 11) is 0. The fourth-order valence-electron chi connectivity index (χ4n) is 4.63. The molecule has 2 heterocycles. The Balaban J connectivity index is 1.70. The second-order valence-electron chi connectivity index (χ2n) is 8.17. The molecule has 0 saturated carbocycles. The summed E-state index contributed by atoms with van der Waals surface area (Å²) in [5.74, 6) is -0.126. The zero-order chi connectivity index (χ0) is 23.1. The molecule has 3 aromatic carbocycles. The van der Waals surface area contributed by atoms with E-state index in [4.69, 9.17) is 23.2 Å². The van der Waals surface area contributed by atoms with Gasteiger partial charge in [0, 0.05) is 39.0 Å². The van der Waals surface area contributed by atoms with Gasteiger partial charge in [-0.1, -0.05) is 65.7 Å². The summed E-state index contributed by atoms with van der Waals surface area (Å²) >= 11 is 12.4. The quantitative estimate of drug-likeness (QED) is 0.377. The first-order valence-corrected chi connectivity index (χ1v) is 11.4. The average Bonchev–Trinajstić information content (AvgIpc) is 3.25. The number of pyridine rings is 1. The second-order valence-corrected chi connectivity index (χ2v) is 9.05. The molecule has 1 amide bonds. The fourth-order valence-corrected chi connectivity index (χ4v) is 4.93. The molecule has 0 bridgehead atoms. The van der Waals surface area contributed by atoms with Gasteiger partial charge in [0.05, 0.1) is 12.1 Å². The molecule has 1 fully saturated rings. The van der Waals surface area contributed by atoms with Gasteiger partial charge < -0.3 is 4.98 Å². The number of benzene rings is 3. The van der Waals surface area contributed by atoms with Crippen molar-refractivity contribution in [2.45, 2.75) is 25.4 Å². The van der Waals surface area contributed by atoms with Gasteiger partial charge in [-0.15, -0.1) is 0 Å². The van der Waals surface area contributed by atoms with Crippen LogP contribution in [0.15, 0.2) is 77.6 Å². The van der Waals surface area contributed by atoms with Crippen LogP contribution in [-0.2, 0) is 4.79 Å². The predicted molar refractivity (Wildman–Crippen MR) is 132 cm³/mol. The van der Waals surface area contributed by atoms with Gasteiger partial charge in [-0.05, 0) is 47.9 Å². The van der Waals surface area contributed by atoms with Gasteiger partial charge in [-0.3, -0.25) is 14.6 Å². The number of aromatic amines is 1. The normalized spacial score (nSPS) is 18.1. The molecule has 1 aromatic heterocycles. The number of carbonyl (C=O) groups excluding carboxylic acids is 1. The monoisotopic (exact) mass is 477 g/mol. The van der Waals surface area contributed by atoms with E-state index < -0.39 is 0 Å². The first-order chi connectivity index (χ1) is 15.9. The molecule has 0 radical (unpaired) electrons. The van der Waals surface area contributed by atoms with Crippen molar-refractivity contribution in [2.75, 3.05) is 0 Å². The van der Waals surface area contributed by atoms with E-state index in [2.05, 4.69) is 10.4 Å². The van der Waals surface area contributed by atoms with Crippen molar-refractivity contribution in [3.63, 3.8) is 0 Å². The summed E-state index contributed by atoms with van der Waals surface area (Å²) in [6, 6.07) is 22.1. The van der Waals surface area contributed by atoms with Crippen molar-refractivity contribution >= 4 is 40.0 Å². The van der Waals surface area contributed by atoms with Crippen molar-refractivity contribution in [1.82, 2.24) is 15.4 Å². The number of nitrogens with one attached hydrogen (secondary N) is 2. The van der Waals surface area contributed by atoms with Gasteiger partial charge >= 0.3 is 0 Å². The number of hydrogen-bond donors (Lipinski definition) is 2. The van der Waals surface area contributed by atoms with Gasteiger partial charge in [0.2, 0.25) is 5.91 Å². The lowest BCUT2D eigenvalue weighted by molar-refractivity contribution is -0.132. The van der Waals surface area contributed by atoms with Crippen LogP contribution in [0.25, 0.3) is 22.0 Å². The van der Waals surface area contributed by atoms with Crippen LogP contribution in [0.5, 0.6) is 0 Å². The molecule has 33 heavy (non-hydrogen) atoms. The van der Waals surface area contributed by atoms with Crippen LogP contribution in [-0.4, -0.2) is 15.9 Å². The number of H-pyrrole nitrogens is 1. The predicted octanol–water partition coefficient (Wildman–Crippen LogP) is 6.04. The Morgan fingerprint density at radius 1 is 0.970 bits per heavy atom. The van der Waals surface area contributed by atoms with Gasteiger partial charge in [0.1, 0.15) is 0 Å². The summed E-state index contributed by atoms with van der Waals surface area (Å²) in [6.07, 6.45) is 0.538. The molecule has 2 N–H and O–H groups in total. The molecule has 2 unspecified atom stereocenters. The molecule has 1 saturated heterocycles. The maximum Gasteiger partial charge on any atom is 0.253 e. The first kappa shape index (κ1) is 21.7. The lowest BCUT2D eigenvalue weighted by Crippen LogP contribution is -2.38. The number of amides is 1. The Hall–Kier alpha value is -3.12. The molecule has 166 valence electrons. The molecule has 1 aliphatic heterocycles. The van der Waals surface area contributed by atoms with E-state index in [0.29, 0.717) is 27.5 Å². The van der Waals surface area contributed by atoms with Crippen LogP contribution in [0.3, 0.4) is 0 Å². The topological polar surface area (TPSA) is 65.2 Å². The highest BCUT2D eigenvalue weighted by molar-refractivity contribution is 6.31. The van der Waals surface area contributed by atoms with E-state index >= 15 is 0 Å². The van der Waals surface area contributed by atoms with Crippen LogP contribution in [0.4, 0.5) is 0 Å². The largest absolute Gasteiger partial charge is 0.322 e. The van der Waals surface area contributed by atoms with E-state index in [1.165, 1.54) is 6.92 Å². The van der Waals surface area contributed by atoms with Crippen LogP contribution < -0.4 is 11.0 Å².